The fraction of sp³-hybridized carbons (Fsp3) is 0.571. The minimum Gasteiger partial charge on any atom is -0.461 e. The van der Waals surface area contributed by atoms with E-state index in [1.807, 2.05) is 30.3 Å². The number of amides is 2. The van der Waals surface area contributed by atoms with E-state index in [1.165, 1.54) is 4.90 Å². The number of nitrogens with zero attached hydrogens (tertiary/aromatic N) is 1. The molecule has 2 rings (SSSR count). The van der Waals surface area contributed by atoms with Crippen molar-refractivity contribution in [2.24, 2.45) is 0 Å². The van der Waals surface area contributed by atoms with E-state index < -0.39 is 23.8 Å². The molecule has 0 aliphatic carbocycles. The van der Waals surface area contributed by atoms with Crippen LogP contribution in [0.5, 0.6) is 0 Å². The van der Waals surface area contributed by atoms with E-state index in [1.54, 1.807) is 27.7 Å². The maximum absolute atomic E-state index is 12.6. The highest BCUT2D eigenvalue weighted by molar-refractivity contribution is 5.86. The molecule has 1 aromatic carbocycles. The molecule has 0 bridgehead atoms. The zero-order valence-corrected chi connectivity index (χ0v) is 17.1. The lowest BCUT2D eigenvalue weighted by Crippen LogP contribution is -2.49. The number of nitrogens with one attached hydrogen (secondary N) is 1. The first kappa shape index (κ1) is 21.7. The Morgan fingerprint density at radius 3 is 2.54 bits per heavy atom. The molecule has 0 spiro atoms. The first-order valence-corrected chi connectivity index (χ1v) is 9.65. The molecule has 7 nitrogen and oxygen atoms in total. The van der Waals surface area contributed by atoms with E-state index in [-0.39, 0.29) is 24.9 Å². The minimum atomic E-state index is -0.615. The number of rotatable bonds is 6. The van der Waals surface area contributed by atoms with Crippen molar-refractivity contribution < 1.29 is 23.9 Å². The third-order valence-electron chi connectivity index (χ3n) is 4.29. The van der Waals surface area contributed by atoms with Gasteiger partial charge in [-0.15, -0.1) is 0 Å². The third kappa shape index (κ3) is 6.87. The average molecular weight is 390 g/mol. The maximum Gasteiger partial charge on any atom is 0.410 e. The van der Waals surface area contributed by atoms with E-state index in [0.29, 0.717) is 13.0 Å². The van der Waals surface area contributed by atoms with E-state index >= 15 is 0 Å². The molecule has 1 aliphatic heterocycles. The summed E-state index contributed by atoms with van der Waals surface area (Å²) in [5.41, 5.74) is 0.294. The Morgan fingerprint density at radius 1 is 1.21 bits per heavy atom. The van der Waals surface area contributed by atoms with Crippen molar-refractivity contribution in [3.63, 3.8) is 0 Å². The molecule has 2 amide bonds. The Bertz CT molecular complexity index is 684. The molecule has 1 aliphatic rings. The summed E-state index contributed by atoms with van der Waals surface area (Å²) in [4.78, 5) is 38.4. The van der Waals surface area contributed by atoms with E-state index in [2.05, 4.69) is 5.32 Å². The SMILES string of the molecule is CC(CC(=O)OCc1ccccc1)NC(=O)C1CCCN1C(=O)OC(C)(C)C. The van der Waals surface area contributed by atoms with Crippen molar-refractivity contribution >= 4 is 18.0 Å². The number of carbonyl (C=O) groups excluding carboxylic acids is 3. The van der Waals surface area contributed by atoms with Gasteiger partial charge in [-0.25, -0.2) is 4.79 Å². The molecule has 0 saturated carbocycles. The molecule has 2 unspecified atom stereocenters. The summed E-state index contributed by atoms with van der Waals surface area (Å²) in [7, 11) is 0. The second-order valence-corrected chi connectivity index (χ2v) is 8.09. The van der Waals surface area contributed by atoms with Crippen LogP contribution in [0.1, 0.15) is 52.5 Å². The minimum absolute atomic E-state index is 0.0672. The van der Waals surface area contributed by atoms with Gasteiger partial charge in [-0.2, -0.15) is 0 Å². The van der Waals surface area contributed by atoms with Crippen LogP contribution in [0.25, 0.3) is 0 Å². The first-order chi connectivity index (χ1) is 13.2. The second kappa shape index (κ2) is 9.57. The molecule has 7 heteroatoms. The van der Waals surface area contributed by atoms with Crippen LogP contribution in [-0.4, -0.2) is 47.1 Å². The third-order valence-corrected chi connectivity index (χ3v) is 4.29. The Labute approximate surface area is 166 Å². The Balaban J connectivity index is 1.80. The maximum atomic E-state index is 12.6. The van der Waals surface area contributed by atoms with Crippen molar-refractivity contribution in [1.82, 2.24) is 10.2 Å². The summed E-state index contributed by atoms with van der Waals surface area (Å²) < 4.78 is 10.6. The number of ether oxygens (including phenoxy) is 2. The fourth-order valence-corrected chi connectivity index (χ4v) is 3.02. The number of carbonyl (C=O) groups is 3. The molecule has 1 fully saturated rings. The molecule has 154 valence electrons. The Kier molecular flexibility index (Phi) is 7.43. The van der Waals surface area contributed by atoms with Crippen LogP contribution in [0.3, 0.4) is 0 Å². The number of hydrogen-bond acceptors (Lipinski definition) is 5. The predicted octanol–water partition coefficient (Wildman–Crippen LogP) is 3.02. The Morgan fingerprint density at radius 2 is 1.89 bits per heavy atom. The molecule has 2 atom stereocenters. The second-order valence-electron chi connectivity index (χ2n) is 8.09. The van der Waals surface area contributed by atoms with E-state index in [4.69, 9.17) is 9.47 Å². The van der Waals surface area contributed by atoms with Gasteiger partial charge in [0, 0.05) is 12.6 Å². The molecule has 1 aromatic rings. The molecule has 1 heterocycles. The van der Waals surface area contributed by atoms with Gasteiger partial charge in [0.1, 0.15) is 18.2 Å². The topological polar surface area (TPSA) is 84.9 Å². The van der Waals surface area contributed by atoms with Gasteiger partial charge in [0.25, 0.3) is 0 Å². The number of hydrogen-bond donors (Lipinski definition) is 1. The summed E-state index contributed by atoms with van der Waals surface area (Å²) >= 11 is 0. The van der Waals surface area contributed by atoms with E-state index in [9.17, 15) is 14.4 Å². The zero-order chi connectivity index (χ0) is 20.7. The van der Waals surface area contributed by atoms with Gasteiger partial charge in [-0.3, -0.25) is 14.5 Å². The van der Waals surface area contributed by atoms with Crippen LogP contribution in [0.4, 0.5) is 4.79 Å². The highest BCUT2D eigenvalue weighted by Gasteiger charge is 2.37. The van der Waals surface area contributed by atoms with Crippen LogP contribution in [0.2, 0.25) is 0 Å². The van der Waals surface area contributed by atoms with Gasteiger partial charge in [-0.1, -0.05) is 30.3 Å². The summed E-state index contributed by atoms with van der Waals surface area (Å²) in [6.07, 6.45) is 0.902. The normalized spacial score (nSPS) is 17.7. The molecule has 0 radical (unpaired) electrons. The molecule has 1 saturated heterocycles. The lowest BCUT2D eigenvalue weighted by atomic mass is 10.1. The average Bonchev–Trinajstić information content (AvgIpc) is 3.09. The summed E-state index contributed by atoms with van der Waals surface area (Å²) in [6.45, 7) is 7.81. The summed E-state index contributed by atoms with van der Waals surface area (Å²) in [5.74, 6) is -0.654. The lowest BCUT2D eigenvalue weighted by molar-refractivity contribution is -0.145. The quantitative estimate of drug-likeness (QED) is 0.755. The van der Waals surface area contributed by atoms with Crippen LogP contribution in [-0.2, 0) is 25.7 Å². The van der Waals surface area contributed by atoms with Crippen molar-refractivity contribution in [2.45, 2.75) is 71.2 Å². The van der Waals surface area contributed by atoms with Crippen molar-refractivity contribution in [1.29, 1.82) is 0 Å². The molecule has 1 N–H and O–H groups in total. The van der Waals surface area contributed by atoms with Crippen molar-refractivity contribution in [3.05, 3.63) is 35.9 Å². The number of likely N-dealkylation sites (tertiary alicyclic amines) is 1. The van der Waals surface area contributed by atoms with Gasteiger partial charge in [0.05, 0.1) is 6.42 Å². The highest BCUT2D eigenvalue weighted by atomic mass is 16.6. The van der Waals surface area contributed by atoms with Crippen molar-refractivity contribution in [2.75, 3.05) is 6.54 Å². The highest BCUT2D eigenvalue weighted by Crippen LogP contribution is 2.21. The standard InChI is InChI=1S/C21H30N2O5/c1-15(13-18(24)27-14-16-9-6-5-7-10-16)22-19(25)17-11-8-12-23(17)20(26)28-21(2,3)4/h5-7,9-10,15,17H,8,11-14H2,1-4H3,(H,22,25). The van der Waals surface area contributed by atoms with Gasteiger partial charge in [-0.05, 0) is 46.1 Å². The molecule has 0 aromatic heterocycles. The largest absolute Gasteiger partial charge is 0.461 e. The van der Waals surface area contributed by atoms with Gasteiger partial charge in [0.15, 0.2) is 0 Å². The molecular weight excluding hydrogens is 360 g/mol. The monoisotopic (exact) mass is 390 g/mol. The summed E-state index contributed by atoms with van der Waals surface area (Å²) in [5, 5.41) is 2.81. The molecule has 28 heavy (non-hydrogen) atoms. The number of benzene rings is 1. The van der Waals surface area contributed by atoms with Crippen LogP contribution < -0.4 is 5.32 Å². The zero-order valence-electron chi connectivity index (χ0n) is 17.1. The summed E-state index contributed by atoms with van der Waals surface area (Å²) in [6, 6.07) is 8.45. The Hall–Kier alpha value is -2.57. The van der Waals surface area contributed by atoms with Gasteiger partial charge < -0.3 is 14.8 Å². The fourth-order valence-electron chi connectivity index (χ4n) is 3.02. The van der Waals surface area contributed by atoms with Gasteiger partial charge >= 0.3 is 12.1 Å². The number of esters is 1. The van der Waals surface area contributed by atoms with Crippen LogP contribution >= 0.6 is 0 Å². The predicted molar refractivity (Wildman–Crippen MR) is 104 cm³/mol. The first-order valence-electron chi connectivity index (χ1n) is 9.65. The van der Waals surface area contributed by atoms with Crippen LogP contribution in [0, 0.1) is 0 Å². The van der Waals surface area contributed by atoms with Gasteiger partial charge in [0.2, 0.25) is 5.91 Å². The van der Waals surface area contributed by atoms with Crippen LogP contribution in [0.15, 0.2) is 30.3 Å². The van der Waals surface area contributed by atoms with E-state index in [0.717, 1.165) is 12.0 Å². The lowest BCUT2D eigenvalue weighted by Gasteiger charge is -2.28. The smallest absolute Gasteiger partial charge is 0.410 e. The molecular formula is C21H30N2O5. The van der Waals surface area contributed by atoms with Crippen molar-refractivity contribution in [3.8, 4) is 0 Å².